The quantitative estimate of drug-likeness (QED) is 0.782. The van der Waals surface area contributed by atoms with Crippen LogP contribution in [-0.2, 0) is 15.4 Å². The average molecular weight is 281 g/mol. The van der Waals surface area contributed by atoms with E-state index < -0.39 is 5.60 Å². The zero-order chi connectivity index (χ0) is 14.6. The zero-order valence-electron chi connectivity index (χ0n) is 12.6. The molecule has 4 heteroatoms. The zero-order valence-corrected chi connectivity index (χ0v) is 13.4. The predicted molar refractivity (Wildman–Crippen MR) is 82.1 cm³/mol. The summed E-state index contributed by atoms with van der Waals surface area (Å²) in [5.41, 5.74) is 1.01. The van der Waals surface area contributed by atoms with Gasteiger partial charge in [0.2, 0.25) is 0 Å². The highest BCUT2D eigenvalue weighted by Crippen LogP contribution is 2.18. The molecule has 0 aromatic heterocycles. The minimum absolute atomic E-state index is 0.00293. The normalized spacial score (nSPS) is 13.6. The van der Waals surface area contributed by atoms with E-state index in [1.807, 2.05) is 32.9 Å². The number of benzene rings is 1. The molecule has 0 spiro atoms. The second kappa shape index (κ2) is 6.33. The molecule has 1 aromatic carbocycles. The van der Waals surface area contributed by atoms with E-state index in [1.54, 1.807) is 12.1 Å². The smallest absolute Gasteiger partial charge is 0.338 e. The van der Waals surface area contributed by atoms with Gasteiger partial charge >= 0.3 is 5.97 Å². The number of carbonyl (C=O) groups excluding carboxylic acids is 1. The van der Waals surface area contributed by atoms with Crippen molar-refractivity contribution in [2.24, 2.45) is 4.36 Å². The average Bonchev–Trinajstić information content (AvgIpc) is 2.27. The first-order valence-electron chi connectivity index (χ1n) is 6.39. The van der Waals surface area contributed by atoms with Crippen LogP contribution in [0.1, 0.15) is 45.0 Å². The Hall–Kier alpha value is -1.16. The molecule has 0 unspecified atom stereocenters. The van der Waals surface area contributed by atoms with Crippen LogP contribution in [0, 0.1) is 0 Å². The third-order valence-electron chi connectivity index (χ3n) is 2.43. The molecule has 0 saturated carbocycles. The van der Waals surface area contributed by atoms with Crippen molar-refractivity contribution in [2.75, 3.05) is 6.26 Å². The lowest BCUT2D eigenvalue weighted by atomic mass is 10.1. The van der Waals surface area contributed by atoms with Gasteiger partial charge in [0.15, 0.2) is 0 Å². The number of rotatable bonds is 3. The molecule has 0 aliphatic carbocycles. The third-order valence-corrected chi connectivity index (χ3v) is 4.30. The van der Waals surface area contributed by atoms with Crippen molar-refractivity contribution in [1.82, 2.24) is 0 Å². The molecule has 0 heterocycles. The van der Waals surface area contributed by atoms with Gasteiger partial charge in [-0.1, -0.05) is 24.5 Å². The van der Waals surface area contributed by atoms with Crippen molar-refractivity contribution in [3.63, 3.8) is 0 Å². The maximum absolute atomic E-state index is 11.9. The van der Waals surface area contributed by atoms with Crippen LogP contribution in [0.15, 0.2) is 28.6 Å². The van der Waals surface area contributed by atoms with Crippen LogP contribution in [0.3, 0.4) is 0 Å². The summed E-state index contributed by atoms with van der Waals surface area (Å²) in [7, 11) is 0.00293. The Morgan fingerprint density at radius 3 is 2.16 bits per heavy atom. The molecule has 0 fully saturated rings. The van der Waals surface area contributed by atoms with Crippen LogP contribution >= 0.6 is 0 Å². The summed E-state index contributed by atoms with van der Waals surface area (Å²) < 4.78 is 9.92. The Balaban J connectivity index is 2.83. The number of esters is 1. The van der Waals surface area contributed by atoms with E-state index in [9.17, 15) is 4.79 Å². The van der Waals surface area contributed by atoms with Gasteiger partial charge in [-0.3, -0.25) is 0 Å². The summed E-state index contributed by atoms with van der Waals surface area (Å²) in [5, 5.41) is 0.533. The summed E-state index contributed by atoms with van der Waals surface area (Å²) in [5.74, 6) is -0.293. The highest BCUT2D eigenvalue weighted by atomic mass is 32.2. The summed E-state index contributed by atoms with van der Waals surface area (Å²) in [6.07, 6.45) is 2.12. The summed E-state index contributed by atoms with van der Waals surface area (Å²) in [6, 6.07) is 7.27. The Morgan fingerprint density at radius 1 is 1.21 bits per heavy atom. The number of hydrogen-bond donors (Lipinski definition) is 0. The molecule has 0 amide bonds. The molecule has 0 bridgehead atoms. The largest absolute Gasteiger partial charge is 0.456 e. The van der Waals surface area contributed by atoms with Crippen molar-refractivity contribution in [3.8, 4) is 0 Å². The molecule has 0 aliphatic heterocycles. The fourth-order valence-corrected chi connectivity index (χ4v) is 1.93. The Kier molecular flexibility index (Phi) is 5.29. The minimum atomic E-state index is -0.465. The molecule has 1 atom stereocenters. The fourth-order valence-electron chi connectivity index (χ4n) is 1.27. The molecule has 0 radical (unpaired) electrons. The van der Waals surface area contributed by atoms with E-state index in [2.05, 4.69) is 24.5 Å². The number of ether oxygens (including phenoxy) is 1. The van der Waals surface area contributed by atoms with Gasteiger partial charge in [-0.2, -0.15) is 0 Å². The van der Waals surface area contributed by atoms with Crippen molar-refractivity contribution in [2.45, 2.75) is 45.5 Å². The molecule has 1 aromatic rings. The van der Waals surface area contributed by atoms with Gasteiger partial charge in [-0.15, -0.1) is 0 Å². The summed E-state index contributed by atoms with van der Waals surface area (Å²) in [4.78, 5) is 11.9. The summed E-state index contributed by atoms with van der Waals surface area (Å²) >= 11 is 0. The topological polar surface area (TPSA) is 38.7 Å². The van der Waals surface area contributed by atoms with E-state index in [0.717, 1.165) is 5.69 Å². The van der Waals surface area contributed by atoms with Gasteiger partial charge in [-0.25, -0.2) is 9.16 Å². The van der Waals surface area contributed by atoms with Gasteiger partial charge in [-0.05, 0) is 51.3 Å². The highest BCUT2D eigenvalue weighted by molar-refractivity contribution is 7.87. The molecule has 0 N–H and O–H groups in total. The van der Waals surface area contributed by atoms with Crippen LogP contribution in [-0.4, -0.2) is 23.1 Å². The minimum Gasteiger partial charge on any atom is -0.456 e. The maximum Gasteiger partial charge on any atom is 0.338 e. The highest BCUT2D eigenvalue weighted by Gasteiger charge is 2.17. The fraction of sp³-hybridized carbons (Fsp3) is 0.533. The first kappa shape index (κ1) is 15.9. The molecular weight excluding hydrogens is 258 g/mol. The number of hydrogen-bond acceptors (Lipinski definition) is 3. The van der Waals surface area contributed by atoms with Crippen molar-refractivity contribution in [1.29, 1.82) is 0 Å². The van der Waals surface area contributed by atoms with Crippen LogP contribution < -0.4 is 0 Å². The molecule has 0 saturated heterocycles. The van der Waals surface area contributed by atoms with E-state index in [-0.39, 0.29) is 16.7 Å². The van der Waals surface area contributed by atoms with Gasteiger partial charge in [0, 0.05) is 5.25 Å². The van der Waals surface area contributed by atoms with Crippen molar-refractivity contribution >= 4 is 22.3 Å². The van der Waals surface area contributed by atoms with Crippen LogP contribution in [0.4, 0.5) is 5.69 Å². The molecule has 19 heavy (non-hydrogen) atoms. The van der Waals surface area contributed by atoms with E-state index >= 15 is 0 Å². The van der Waals surface area contributed by atoms with E-state index in [1.165, 1.54) is 0 Å². The molecule has 1 rings (SSSR count). The van der Waals surface area contributed by atoms with E-state index in [4.69, 9.17) is 4.74 Å². The first-order chi connectivity index (χ1) is 8.69. The lowest BCUT2D eigenvalue weighted by Crippen LogP contribution is -2.23. The van der Waals surface area contributed by atoms with Crippen molar-refractivity contribution < 1.29 is 9.53 Å². The Labute approximate surface area is 118 Å². The van der Waals surface area contributed by atoms with E-state index in [0.29, 0.717) is 10.8 Å². The molecule has 3 nitrogen and oxygen atoms in total. The predicted octanol–water partition coefficient (Wildman–Crippen LogP) is 4.11. The lowest BCUT2D eigenvalue weighted by Gasteiger charge is -2.19. The molecule has 0 aliphatic rings. The third kappa shape index (κ3) is 5.55. The molecule has 106 valence electrons. The van der Waals surface area contributed by atoms with Gasteiger partial charge < -0.3 is 4.74 Å². The van der Waals surface area contributed by atoms with Crippen LogP contribution in [0.2, 0.25) is 0 Å². The van der Waals surface area contributed by atoms with Gasteiger partial charge in [0.1, 0.15) is 5.60 Å². The Bertz CT molecular complexity index is 470. The van der Waals surface area contributed by atoms with Crippen LogP contribution in [0.25, 0.3) is 0 Å². The Morgan fingerprint density at radius 2 is 1.74 bits per heavy atom. The molecular formula is C15H23NO2S. The lowest BCUT2D eigenvalue weighted by molar-refractivity contribution is 0.00696. The standard InChI is InChI=1S/C15H23NO2S/c1-11(2)19(6)16-13-9-7-12(8-10-13)14(17)18-15(3,4)5/h7-11H,1-6H3/t19-/m0/s1. The van der Waals surface area contributed by atoms with Gasteiger partial charge in [0.05, 0.1) is 11.3 Å². The van der Waals surface area contributed by atoms with Gasteiger partial charge in [0.25, 0.3) is 0 Å². The SMILES string of the molecule is CC(C)[S@](C)=Nc1ccc(C(=O)OC(C)(C)C)cc1. The van der Waals surface area contributed by atoms with Crippen molar-refractivity contribution in [3.05, 3.63) is 29.8 Å². The number of carbonyl (C=O) groups is 1. The number of nitrogens with zero attached hydrogens (tertiary/aromatic N) is 1. The summed E-state index contributed by atoms with van der Waals surface area (Å²) in [6.45, 7) is 9.89. The second-order valence-electron chi connectivity index (χ2n) is 5.71. The first-order valence-corrected chi connectivity index (χ1v) is 8.04. The monoisotopic (exact) mass is 281 g/mol. The maximum atomic E-state index is 11.9. The van der Waals surface area contributed by atoms with Crippen LogP contribution in [0.5, 0.6) is 0 Å². The second-order valence-corrected chi connectivity index (χ2v) is 7.89.